The lowest BCUT2D eigenvalue weighted by atomic mass is 10.5. The summed E-state index contributed by atoms with van der Waals surface area (Å²) in [6, 6.07) is 1.99. The number of aromatic nitrogens is 4. The summed E-state index contributed by atoms with van der Waals surface area (Å²) >= 11 is 13.8. The summed E-state index contributed by atoms with van der Waals surface area (Å²) in [5, 5.41) is 4.82. The Hall–Kier alpha value is -1.17. The van der Waals surface area contributed by atoms with Crippen LogP contribution in [-0.4, -0.2) is 14.5 Å². The molecule has 0 saturated heterocycles. The van der Waals surface area contributed by atoms with Crippen LogP contribution >= 0.6 is 34.5 Å². The van der Waals surface area contributed by atoms with E-state index in [1.165, 1.54) is 0 Å². The van der Waals surface area contributed by atoms with Crippen molar-refractivity contribution in [2.75, 3.05) is 0 Å². The van der Waals surface area contributed by atoms with Crippen LogP contribution in [0.5, 0.6) is 0 Å². The molecule has 0 bridgehead atoms. The van der Waals surface area contributed by atoms with E-state index in [1.807, 2.05) is 21.4 Å². The number of hydrogen-bond donors (Lipinski definition) is 0. The van der Waals surface area contributed by atoms with E-state index in [2.05, 4.69) is 9.97 Å². The zero-order valence-electron chi connectivity index (χ0n) is 8.76. The van der Waals surface area contributed by atoms with E-state index in [4.69, 9.17) is 23.2 Å². The molecule has 0 radical (unpaired) electrons. The van der Waals surface area contributed by atoms with Crippen molar-refractivity contribution in [1.82, 2.24) is 14.5 Å². The van der Waals surface area contributed by atoms with Crippen molar-refractivity contribution in [3.63, 3.8) is 0 Å². The molecule has 0 saturated carbocycles. The third-order valence-corrected chi connectivity index (χ3v) is 3.93. The van der Waals surface area contributed by atoms with Crippen molar-refractivity contribution >= 4 is 45.7 Å². The van der Waals surface area contributed by atoms with Gasteiger partial charge in [0.15, 0.2) is 5.52 Å². The Kier molecular flexibility index (Phi) is 2.54. The highest BCUT2D eigenvalue weighted by atomic mass is 35.5. The lowest BCUT2D eigenvalue weighted by molar-refractivity contribution is -0.668. The van der Waals surface area contributed by atoms with Gasteiger partial charge in [0.1, 0.15) is 6.33 Å². The molecule has 17 heavy (non-hydrogen) atoms. The molecule has 3 aromatic heterocycles. The van der Waals surface area contributed by atoms with E-state index in [1.54, 1.807) is 29.3 Å². The molecule has 0 amide bonds. The van der Waals surface area contributed by atoms with Crippen LogP contribution in [0.1, 0.15) is 0 Å². The average Bonchev–Trinajstić information content (AvgIpc) is 2.93. The third-order valence-electron chi connectivity index (χ3n) is 2.49. The van der Waals surface area contributed by atoms with Crippen molar-refractivity contribution in [1.29, 1.82) is 0 Å². The number of fused-ring (bicyclic) bond motifs is 1. The lowest BCUT2D eigenvalue weighted by Crippen LogP contribution is -2.32. The minimum Gasteiger partial charge on any atom is -0.261 e. The van der Waals surface area contributed by atoms with E-state index in [9.17, 15) is 0 Å². The van der Waals surface area contributed by atoms with Gasteiger partial charge in [-0.1, -0.05) is 0 Å². The third kappa shape index (κ3) is 1.62. The predicted molar refractivity (Wildman–Crippen MR) is 67.9 cm³/mol. The maximum Gasteiger partial charge on any atom is 0.399 e. The Balaban J connectivity index is 2.37. The first kappa shape index (κ1) is 11.0. The van der Waals surface area contributed by atoms with E-state index in [0.29, 0.717) is 21.6 Å². The van der Waals surface area contributed by atoms with Crippen molar-refractivity contribution < 1.29 is 4.57 Å². The fourth-order valence-corrected chi connectivity index (χ4v) is 2.63. The van der Waals surface area contributed by atoms with Crippen molar-refractivity contribution in [3.05, 3.63) is 33.6 Å². The standard InChI is InChI=1S/C10H7Cl2N4S/c1-15-8(11)7-9(14-10(15)12)16(5-13-7)6-2-3-17-4-6/h2-5H,1H3/q+1. The van der Waals surface area contributed by atoms with Gasteiger partial charge in [0, 0.05) is 17.0 Å². The molecule has 0 aromatic carbocycles. The number of hydrogen-bond acceptors (Lipinski definition) is 3. The summed E-state index contributed by atoms with van der Waals surface area (Å²) in [7, 11) is 1.75. The fourth-order valence-electron chi connectivity index (χ4n) is 1.58. The van der Waals surface area contributed by atoms with Crippen LogP contribution < -0.4 is 4.57 Å². The number of imidazole rings is 1. The molecule has 3 aromatic rings. The van der Waals surface area contributed by atoms with E-state index < -0.39 is 0 Å². The zero-order chi connectivity index (χ0) is 12.0. The molecule has 0 spiro atoms. The Morgan fingerprint density at radius 3 is 2.94 bits per heavy atom. The van der Waals surface area contributed by atoms with Crippen LogP contribution in [0.4, 0.5) is 0 Å². The molecular formula is C10H7Cl2N4S+. The average molecular weight is 286 g/mol. The van der Waals surface area contributed by atoms with E-state index in [0.717, 1.165) is 5.69 Å². The second-order valence-electron chi connectivity index (χ2n) is 3.50. The zero-order valence-corrected chi connectivity index (χ0v) is 11.1. The first-order valence-electron chi connectivity index (χ1n) is 4.79. The smallest absolute Gasteiger partial charge is 0.261 e. The summed E-state index contributed by atoms with van der Waals surface area (Å²) in [6.07, 6.45) is 1.70. The van der Waals surface area contributed by atoms with E-state index >= 15 is 0 Å². The summed E-state index contributed by atoms with van der Waals surface area (Å²) < 4.78 is 3.46. The first-order chi connectivity index (χ1) is 8.18. The van der Waals surface area contributed by atoms with E-state index in [-0.39, 0.29) is 0 Å². The van der Waals surface area contributed by atoms with Crippen LogP contribution in [0, 0.1) is 0 Å². The summed E-state index contributed by atoms with van der Waals surface area (Å²) in [4.78, 5) is 8.57. The highest BCUT2D eigenvalue weighted by Crippen LogP contribution is 2.22. The molecule has 0 aliphatic rings. The molecule has 3 heterocycles. The normalized spacial score (nSPS) is 11.2. The highest BCUT2D eigenvalue weighted by molar-refractivity contribution is 7.08. The molecule has 3 rings (SSSR count). The Morgan fingerprint density at radius 2 is 2.24 bits per heavy atom. The molecule has 0 unspecified atom stereocenters. The molecule has 0 N–H and O–H groups in total. The quantitative estimate of drug-likeness (QED) is 0.391. The van der Waals surface area contributed by atoms with Gasteiger partial charge in [0.25, 0.3) is 5.65 Å². The van der Waals surface area contributed by atoms with Crippen LogP contribution in [0.15, 0.2) is 23.2 Å². The maximum absolute atomic E-state index is 6.17. The minimum absolute atomic E-state index is 0.333. The molecule has 86 valence electrons. The largest absolute Gasteiger partial charge is 0.399 e. The van der Waals surface area contributed by atoms with Gasteiger partial charge < -0.3 is 0 Å². The number of rotatable bonds is 1. The first-order valence-corrected chi connectivity index (χ1v) is 6.49. The van der Waals surface area contributed by atoms with Crippen LogP contribution in [0.25, 0.3) is 16.9 Å². The molecular weight excluding hydrogens is 279 g/mol. The molecule has 0 aliphatic carbocycles. The van der Waals surface area contributed by atoms with Gasteiger partial charge in [-0.05, 0) is 28.0 Å². The van der Waals surface area contributed by atoms with Gasteiger partial charge in [-0.2, -0.15) is 11.3 Å². The Labute approximate surface area is 111 Å². The molecule has 0 fully saturated rings. The van der Waals surface area contributed by atoms with Crippen molar-refractivity contribution in [2.24, 2.45) is 7.05 Å². The summed E-state index contributed by atoms with van der Waals surface area (Å²) in [6.45, 7) is 0. The number of halogens is 2. The van der Waals surface area contributed by atoms with Crippen molar-refractivity contribution in [2.45, 2.75) is 0 Å². The second-order valence-corrected chi connectivity index (χ2v) is 4.98. The van der Waals surface area contributed by atoms with Gasteiger partial charge in [0.2, 0.25) is 5.15 Å². The van der Waals surface area contributed by atoms with Gasteiger partial charge in [-0.15, -0.1) is 0 Å². The Bertz CT molecular complexity index is 690. The number of nitrogens with zero attached hydrogens (tertiary/aromatic N) is 4. The van der Waals surface area contributed by atoms with Crippen LogP contribution in [0.2, 0.25) is 10.4 Å². The van der Waals surface area contributed by atoms with Crippen LogP contribution in [-0.2, 0) is 7.05 Å². The predicted octanol–water partition coefficient (Wildman–Crippen LogP) is 2.61. The summed E-state index contributed by atoms with van der Waals surface area (Å²) in [5.41, 5.74) is 2.31. The van der Waals surface area contributed by atoms with Gasteiger partial charge in [-0.3, -0.25) is 4.57 Å². The highest BCUT2D eigenvalue weighted by Gasteiger charge is 2.21. The van der Waals surface area contributed by atoms with Gasteiger partial charge >= 0.3 is 5.28 Å². The maximum atomic E-state index is 6.17. The van der Waals surface area contributed by atoms with Crippen LogP contribution in [0.3, 0.4) is 0 Å². The van der Waals surface area contributed by atoms with Gasteiger partial charge in [-0.25, -0.2) is 9.55 Å². The van der Waals surface area contributed by atoms with Gasteiger partial charge in [0.05, 0.1) is 12.7 Å². The molecule has 4 nitrogen and oxygen atoms in total. The minimum atomic E-state index is 0.333. The second kappa shape index (κ2) is 3.94. The molecule has 0 atom stereocenters. The summed E-state index contributed by atoms with van der Waals surface area (Å²) in [5.74, 6) is 0. The lowest BCUT2D eigenvalue weighted by Gasteiger charge is -1.98. The topological polar surface area (TPSA) is 34.6 Å². The Morgan fingerprint density at radius 1 is 1.41 bits per heavy atom. The van der Waals surface area contributed by atoms with Crippen molar-refractivity contribution in [3.8, 4) is 5.69 Å². The number of thiophene rings is 1. The SMILES string of the molecule is C[n+]1c(Cl)nc2c(ncn2-c2ccsc2)c1Cl. The monoisotopic (exact) mass is 285 g/mol. The molecule has 7 heteroatoms. The fraction of sp³-hybridized carbons (Fsp3) is 0.100. The molecule has 0 aliphatic heterocycles.